The standard InChI is InChI=1S/C6H8N2O4S/c1-2-12-6(10)4-3(7)5(9)8-13(4)11/h2,7H2,1H3,(H,8,9). The van der Waals surface area contributed by atoms with Crippen molar-refractivity contribution < 1.29 is 14.1 Å². The van der Waals surface area contributed by atoms with E-state index in [0.29, 0.717) is 0 Å². The fourth-order valence-electron chi connectivity index (χ4n) is 0.775. The normalized spacial score (nSPS) is 11.4. The fraction of sp³-hybridized carbons (Fsp3) is 0.333. The van der Waals surface area contributed by atoms with Gasteiger partial charge < -0.3 is 15.0 Å². The molecule has 7 heteroatoms. The Kier molecular flexibility index (Phi) is 2.69. The van der Waals surface area contributed by atoms with Gasteiger partial charge in [-0.2, -0.15) is 0 Å². The minimum absolute atomic E-state index is 0.140. The van der Waals surface area contributed by atoms with Gasteiger partial charge in [-0.25, -0.2) is 4.79 Å². The zero-order chi connectivity index (χ0) is 10.0. The summed E-state index contributed by atoms with van der Waals surface area (Å²) in [6.45, 7) is 1.74. The van der Waals surface area contributed by atoms with Gasteiger partial charge in [-0.15, -0.1) is 4.37 Å². The zero-order valence-corrected chi connectivity index (χ0v) is 7.64. The van der Waals surface area contributed by atoms with Crippen LogP contribution in [0.5, 0.6) is 0 Å². The highest BCUT2D eigenvalue weighted by atomic mass is 32.2. The van der Waals surface area contributed by atoms with Crippen molar-refractivity contribution in [1.29, 1.82) is 0 Å². The summed E-state index contributed by atoms with van der Waals surface area (Å²) in [5.41, 5.74) is 4.17. The van der Waals surface area contributed by atoms with E-state index in [9.17, 15) is 14.1 Å². The predicted molar refractivity (Wildman–Crippen MR) is 46.1 cm³/mol. The van der Waals surface area contributed by atoms with Crippen LogP contribution in [-0.4, -0.2) is 21.5 Å². The smallest absolute Gasteiger partial charge is 0.396 e. The second kappa shape index (κ2) is 3.58. The van der Waals surface area contributed by atoms with E-state index in [1.165, 1.54) is 0 Å². The number of H-pyrrole nitrogens is 1. The maximum absolute atomic E-state index is 11.1. The first kappa shape index (κ1) is 9.75. The molecule has 0 aliphatic rings. The van der Waals surface area contributed by atoms with Gasteiger partial charge >= 0.3 is 16.4 Å². The molecule has 1 rings (SSSR count). The summed E-state index contributed by atoms with van der Waals surface area (Å²) in [7, 11) is -1.87. The monoisotopic (exact) mass is 204 g/mol. The number of carbonyl (C=O) groups is 1. The van der Waals surface area contributed by atoms with E-state index in [-0.39, 0.29) is 17.2 Å². The van der Waals surface area contributed by atoms with Crippen LogP contribution in [0.3, 0.4) is 0 Å². The summed E-state index contributed by atoms with van der Waals surface area (Å²) in [6, 6.07) is 0. The van der Waals surface area contributed by atoms with Gasteiger partial charge in [0.25, 0.3) is 0 Å². The fourth-order valence-corrected chi connectivity index (χ4v) is 1.66. The van der Waals surface area contributed by atoms with Crippen LogP contribution in [0.4, 0.5) is 5.69 Å². The third-order valence-corrected chi connectivity index (χ3v) is 2.45. The Morgan fingerprint density at radius 2 is 2.38 bits per heavy atom. The van der Waals surface area contributed by atoms with Crippen molar-refractivity contribution in [2.75, 3.05) is 12.3 Å². The number of anilines is 1. The first-order chi connectivity index (χ1) is 6.07. The van der Waals surface area contributed by atoms with Crippen LogP contribution in [0.15, 0.2) is 4.79 Å². The second-order valence-electron chi connectivity index (χ2n) is 2.16. The van der Waals surface area contributed by atoms with Crippen LogP contribution in [-0.2, 0) is 4.74 Å². The molecule has 1 heterocycles. The lowest BCUT2D eigenvalue weighted by atomic mass is 10.4. The van der Waals surface area contributed by atoms with Gasteiger partial charge in [0.15, 0.2) is 5.69 Å². The zero-order valence-electron chi connectivity index (χ0n) is 6.83. The van der Waals surface area contributed by atoms with Gasteiger partial charge in [-0.05, 0) is 6.92 Å². The van der Waals surface area contributed by atoms with Crippen molar-refractivity contribution >= 4 is 22.6 Å². The Morgan fingerprint density at radius 1 is 1.77 bits per heavy atom. The van der Waals surface area contributed by atoms with Crippen LogP contribution in [0.1, 0.15) is 16.6 Å². The number of hydrogen-bond acceptors (Lipinski definition) is 5. The number of nitrogens with two attached hydrogens (primary N) is 1. The second-order valence-corrected chi connectivity index (χ2v) is 3.31. The molecule has 13 heavy (non-hydrogen) atoms. The molecule has 0 fully saturated rings. The predicted octanol–water partition coefficient (Wildman–Crippen LogP) is -0.139. The Hall–Kier alpha value is -1.34. The summed E-state index contributed by atoms with van der Waals surface area (Å²) >= 11 is 0. The number of nitrogen functional groups attached to an aromatic ring is 1. The van der Waals surface area contributed by atoms with E-state index < -0.39 is 22.5 Å². The van der Waals surface area contributed by atoms with Gasteiger partial charge in [0.1, 0.15) is 0 Å². The maximum atomic E-state index is 11.1. The Balaban J connectivity index is 3.13. The number of rotatable bonds is 2. The van der Waals surface area contributed by atoms with E-state index in [2.05, 4.69) is 4.74 Å². The molecule has 1 aromatic heterocycles. The summed E-state index contributed by atoms with van der Waals surface area (Å²) in [5, 5.41) is 0. The van der Waals surface area contributed by atoms with Gasteiger partial charge in [-0.3, -0.25) is 4.79 Å². The Bertz CT molecular complexity index is 380. The molecule has 0 bridgehead atoms. The lowest BCUT2D eigenvalue weighted by Crippen LogP contribution is -2.10. The highest BCUT2D eigenvalue weighted by Gasteiger charge is 2.26. The SMILES string of the molecule is CCOC(=O)c1c(N)c(=O)[nH][s+]1[O-]. The van der Waals surface area contributed by atoms with E-state index in [4.69, 9.17) is 5.73 Å². The van der Waals surface area contributed by atoms with Crippen LogP contribution >= 0.6 is 10.9 Å². The molecule has 0 aromatic carbocycles. The average molecular weight is 204 g/mol. The van der Waals surface area contributed by atoms with Crippen LogP contribution in [0.2, 0.25) is 0 Å². The van der Waals surface area contributed by atoms with Crippen LogP contribution in [0.25, 0.3) is 0 Å². The number of aromatic nitrogens is 1. The van der Waals surface area contributed by atoms with Crippen molar-refractivity contribution in [3.63, 3.8) is 0 Å². The molecule has 0 aliphatic heterocycles. The molecule has 0 radical (unpaired) electrons. The molecular formula is C6H8N2O4S. The Morgan fingerprint density at radius 3 is 2.77 bits per heavy atom. The summed E-state index contributed by atoms with van der Waals surface area (Å²) in [5.74, 6) is -0.823. The highest BCUT2D eigenvalue weighted by Crippen LogP contribution is 2.20. The van der Waals surface area contributed by atoms with Gasteiger partial charge in [0, 0.05) is 0 Å². The molecule has 0 spiro atoms. The largest absolute Gasteiger partial charge is 0.570 e. The summed E-state index contributed by atoms with van der Waals surface area (Å²) in [6.07, 6.45) is 0. The van der Waals surface area contributed by atoms with Crippen LogP contribution in [0, 0.1) is 0 Å². The molecule has 0 saturated carbocycles. The van der Waals surface area contributed by atoms with Gasteiger partial charge in [0.2, 0.25) is 0 Å². The summed E-state index contributed by atoms with van der Waals surface area (Å²) < 4.78 is 17.6. The number of ether oxygens (including phenoxy) is 1. The molecule has 1 atom stereocenters. The van der Waals surface area contributed by atoms with Crippen molar-refractivity contribution in [1.82, 2.24) is 4.37 Å². The maximum Gasteiger partial charge on any atom is 0.396 e. The molecule has 3 N–H and O–H groups in total. The molecule has 1 unspecified atom stereocenters. The van der Waals surface area contributed by atoms with Crippen molar-refractivity contribution in [2.45, 2.75) is 6.92 Å². The van der Waals surface area contributed by atoms with E-state index in [1.54, 1.807) is 6.92 Å². The topological polar surface area (TPSA) is 108 Å². The number of carbonyl (C=O) groups excluding carboxylic acids is 1. The highest BCUT2D eigenvalue weighted by molar-refractivity contribution is 7.22. The van der Waals surface area contributed by atoms with Crippen LogP contribution < -0.4 is 11.3 Å². The quantitative estimate of drug-likeness (QED) is 0.515. The molecule has 0 saturated heterocycles. The number of aromatic amines is 1. The first-order valence-electron chi connectivity index (χ1n) is 3.47. The minimum Gasteiger partial charge on any atom is -0.570 e. The third kappa shape index (κ3) is 1.70. The number of hydrogen-bond donors (Lipinski definition) is 2. The molecule has 0 amide bonds. The molecule has 72 valence electrons. The van der Waals surface area contributed by atoms with E-state index in [0.717, 1.165) is 0 Å². The summed E-state index contributed by atoms with van der Waals surface area (Å²) in [4.78, 5) is 21.6. The molecular weight excluding hydrogens is 196 g/mol. The molecule has 6 nitrogen and oxygen atoms in total. The lowest BCUT2D eigenvalue weighted by molar-refractivity contribution is 0.0532. The first-order valence-corrected chi connectivity index (χ1v) is 4.62. The third-order valence-electron chi connectivity index (χ3n) is 1.32. The number of nitrogens with one attached hydrogen (secondary N) is 1. The van der Waals surface area contributed by atoms with Gasteiger partial charge in [0.05, 0.1) is 17.6 Å². The average Bonchev–Trinajstić information content (AvgIpc) is 2.27. The molecule has 1 aromatic rings. The van der Waals surface area contributed by atoms with E-state index >= 15 is 0 Å². The Labute approximate surface area is 76.3 Å². The molecule has 0 aliphatic carbocycles. The van der Waals surface area contributed by atoms with E-state index in [1.807, 2.05) is 4.37 Å². The van der Waals surface area contributed by atoms with Crippen molar-refractivity contribution in [3.8, 4) is 0 Å². The minimum atomic E-state index is -1.87. The van der Waals surface area contributed by atoms with Gasteiger partial charge in [-0.1, -0.05) is 0 Å². The number of esters is 1. The van der Waals surface area contributed by atoms with Crippen molar-refractivity contribution in [3.05, 3.63) is 15.2 Å². The lowest BCUT2D eigenvalue weighted by Gasteiger charge is -1.96. The van der Waals surface area contributed by atoms with Crippen molar-refractivity contribution in [2.24, 2.45) is 0 Å².